The number of ketones is 1. The molecule has 1 N–H and O–H groups in total. The first-order chi connectivity index (χ1) is 17.4. The van der Waals surface area contributed by atoms with Gasteiger partial charge in [0, 0.05) is 17.4 Å². The number of aromatic nitrogens is 2. The number of anilines is 1. The monoisotopic (exact) mass is 481 g/mol. The highest BCUT2D eigenvalue weighted by atomic mass is 16.3. The molecular weight excluding hydrogens is 446 g/mol. The predicted molar refractivity (Wildman–Crippen MR) is 144 cm³/mol. The number of nitrogens with one attached hydrogen (secondary N) is 1. The first-order valence-electron chi connectivity index (χ1n) is 12.9. The molecule has 5 rings (SSSR count). The van der Waals surface area contributed by atoms with Crippen LogP contribution in [-0.2, 0) is 11.0 Å². The summed E-state index contributed by atoms with van der Waals surface area (Å²) in [5.41, 5.74) is 3.70. The molecule has 1 aliphatic rings. The van der Waals surface area contributed by atoms with Crippen molar-refractivity contribution < 1.29 is 9.21 Å². The van der Waals surface area contributed by atoms with E-state index in [9.17, 15) is 4.79 Å². The molecule has 1 unspecified atom stereocenters. The van der Waals surface area contributed by atoms with Crippen molar-refractivity contribution >= 4 is 11.6 Å². The second kappa shape index (κ2) is 9.45. The van der Waals surface area contributed by atoms with E-state index in [4.69, 9.17) is 4.42 Å². The Bertz CT molecular complexity index is 1310. The summed E-state index contributed by atoms with van der Waals surface area (Å²) in [6, 6.07) is 22.9. The van der Waals surface area contributed by atoms with E-state index in [1.807, 2.05) is 22.9 Å². The second-order valence-corrected chi connectivity index (χ2v) is 10.6. The Labute approximate surface area is 213 Å². The van der Waals surface area contributed by atoms with E-state index in [2.05, 4.69) is 86.6 Å². The van der Waals surface area contributed by atoms with Crippen LogP contribution in [0.25, 0.3) is 11.3 Å². The molecule has 5 heteroatoms. The zero-order valence-electron chi connectivity index (χ0n) is 21.6. The molecule has 0 bridgehead atoms. The standard InChI is InChI=1S/C31H35N3O2/c1-5-31(6-2,24-16-14-23(15-17-24)28-13-10-18-36-28)20-27(35)25-21-32-34-29(25)33-26(19-30(34,3)4)22-11-8-7-9-12-22/h7-18,21,26,33H,5-6,19-20H2,1-4H3. The van der Waals surface area contributed by atoms with Crippen molar-refractivity contribution in [3.63, 3.8) is 0 Å². The van der Waals surface area contributed by atoms with Crippen molar-refractivity contribution in [3.8, 4) is 11.3 Å². The minimum Gasteiger partial charge on any atom is -0.464 e. The van der Waals surface area contributed by atoms with Gasteiger partial charge in [-0.25, -0.2) is 4.68 Å². The molecule has 5 nitrogen and oxygen atoms in total. The number of hydrogen-bond donors (Lipinski definition) is 1. The smallest absolute Gasteiger partial charge is 0.169 e. The summed E-state index contributed by atoms with van der Waals surface area (Å²) >= 11 is 0. The normalized spacial score (nSPS) is 16.8. The maximum Gasteiger partial charge on any atom is 0.169 e. The number of fused-ring (bicyclic) bond motifs is 1. The Balaban J connectivity index is 1.44. The fourth-order valence-electron chi connectivity index (χ4n) is 5.68. The van der Waals surface area contributed by atoms with Gasteiger partial charge in [0.2, 0.25) is 0 Å². The minimum atomic E-state index is -0.239. The predicted octanol–water partition coefficient (Wildman–Crippen LogP) is 7.77. The summed E-state index contributed by atoms with van der Waals surface area (Å²) in [6.45, 7) is 8.74. The van der Waals surface area contributed by atoms with E-state index in [1.54, 1.807) is 12.5 Å². The van der Waals surface area contributed by atoms with E-state index in [0.29, 0.717) is 12.0 Å². The highest BCUT2D eigenvalue weighted by molar-refractivity contribution is 6.01. The van der Waals surface area contributed by atoms with Crippen LogP contribution in [0.5, 0.6) is 0 Å². The molecule has 0 saturated heterocycles. The van der Waals surface area contributed by atoms with Crippen molar-refractivity contribution in [3.05, 3.63) is 95.9 Å². The van der Waals surface area contributed by atoms with Crippen molar-refractivity contribution in [2.75, 3.05) is 5.32 Å². The molecule has 0 amide bonds. The first-order valence-corrected chi connectivity index (χ1v) is 12.9. The number of carbonyl (C=O) groups is 1. The number of benzene rings is 2. The van der Waals surface area contributed by atoms with Crippen LogP contribution in [0.15, 0.2) is 83.6 Å². The topological polar surface area (TPSA) is 60.1 Å². The van der Waals surface area contributed by atoms with E-state index < -0.39 is 0 Å². The van der Waals surface area contributed by atoms with Gasteiger partial charge in [0.05, 0.1) is 29.6 Å². The fraction of sp³-hybridized carbons (Fsp3) is 0.355. The third-order valence-electron chi connectivity index (χ3n) is 8.02. The molecule has 1 aliphatic heterocycles. The third-order valence-corrected chi connectivity index (χ3v) is 8.02. The van der Waals surface area contributed by atoms with Crippen LogP contribution < -0.4 is 5.32 Å². The minimum absolute atomic E-state index is 0.132. The maximum atomic E-state index is 13.9. The van der Waals surface area contributed by atoms with Gasteiger partial charge < -0.3 is 9.73 Å². The van der Waals surface area contributed by atoms with Crippen LogP contribution in [0.2, 0.25) is 0 Å². The van der Waals surface area contributed by atoms with Crippen LogP contribution in [0.1, 0.15) is 80.9 Å². The largest absolute Gasteiger partial charge is 0.464 e. The molecule has 2 aromatic heterocycles. The van der Waals surface area contributed by atoms with Gasteiger partial charge in [0.25, 0.3) is 0 Å². The number of hydrogen-bond acceptors (Lipinski definition) is 4. The molecule has 0 spiro atoms. The Morgan fingerprint density at radius 3 is 2.42 bits per heavy atom. The summed E-state index contributed by atoms with van der Waals surface area (Å²) in [7, 11) is 0. The average Bonchev–Trinajstić information content (AvgIpc) is 3.59. The van der Waals surface area contributed by atoms with Gasteiger partial charge in [-0.15, -0.1) is 0 Å². The van der Waals surface area contributed by atoms with Crippen molar-refractivity contribution in [1.82, 2.24) is 9.78 Å². The zero-order valence-corrected chi connectivity index (χ0v) is 21.6. The molecule has 0 saturated carbocycles. The summed E-state index contributed by atoms with van der Waals surface area (Å²) in [5, 5.41) is 8.33. The van der Waals surface area contributed by atoms with Gasteiger partial charge in [-0.3, -0.25) is 4.79 Å². The van der Waals surface area contributed by atoms with Crippen LogP contribution in [-0.4, -0.2) is 15.6 Å². The lowest BCUT2D eigenvalue weighted by Crippen LogP contribution is -2.38. The Hall–Kier alpha value is -3.60. The molecule has 0 fully saturated rings. The van der Waals surface area contributed by atoms with Crippen molar-refractivity contribution in [2.24, 2.45) is 0 Å². The molecule has 0 radical (unpaired) electrons. The van der Waals surface area contributed by atoms with Crippen molar-refractivity contribution in [1.29, 1.82) is 0 Å². The van der Waals surface area contributed by atoms with Gasteiger partial charge in [-0.2, -0.15) is 5.10 Å². The number of furan rings is 1. The lowest BCUT2D eigenvalue weighted by Gasteiger charge is -2.38. The Morgan fingerprint density at radius 1 is 1.06 bits per heavy atom. The highest BCUT2D eigenvalue weighted by Crippen LogP contribution is 2.42. The summed E-state index contributed by atoms with van der Waals surface area (Å²) in [6.07, 6.45) is 6.55. The number of nitrogens with zero attached hydrogens (tertiary/aromatic N) is 2. The summed E-state index contributed by atoms with van der Waals surface area (Å²) < 4.78 is 7.55. The van der Waals surface area contributed by atoms with Gasteiger partial charge in [0.1, 0.15) is 11.6 Å². The average molecular weight is 482 g/mol. The fourth-order valence-corrected chi connectivity index (χ4v) is 5.68. The number of Topliss-reactive ketones (excluding diaryl/α,β-unsaturated/α-hetero) is 1. The molecule has 4 aromatic rings. The molecule has 3 heterocycles. The lowest BCUT2D eigenvalue weighted by molar-refractivity contribution is 0.0944. The quantitative estimate of drug-likeness (QED) is 0.261. The summed E-state index contributed by atoms with van der Waals surface area (Å²) in [4.78, 5) is 13.9. The van der Waals surface area contributed by atoms with E-state index in [1.165, 1.54) is 11.1 Å². The molecular formula is C31H35N3O2. The summed E-state index contributed by atoms with van der Waals surface area (Å²) in [5.74, 6) is 1.82. The molecule has 1 atom stereocenters. The van der Waals surface area contributed by atoms with E-state index in [0.717, 1.165) is 36.4 Å². The Kier molecular flexibility index (Phi) is 6.33. The maximum absolute atomic E-state index is 13.9. The van der Waals surface area contributed by atoms with Gasteiger partial charge >= 0.3 is 0 Å². The lowest BCUT2D eigenvalue weighted by atomic mass is 9.71. The van der Waals surface area contributed by atoms with Crippen LogP contribution in [0.3, 0.4) is 0 Å². The highest BCUT2D eigenvalue weighted by Gasteiger charge is 2.38. The zero-order chi connectivity index (χ0) is 25.3. The third kappa shape index (κ3) is 4.27. The molecule has 0 aliphatic carbocycles. The van der Waals surface area contributed by atoms with Gasteiger partial charge in [-0.1, -0.05) is 68.4 Å². The van der Waals surface area contributed by atoms with Crippen LogP contribution >= 0.6 is 0 Å². The van der Waals surface area contributed by atoms with E-state index >= 15 is 0 Å². The van der Waals surface area contributed by atoms with E-state index in [-0.39, 0.29) is 22.8 Å². The molecule has 2 aromatic carbocycles. The first kappa shape index (κ1) is 24.1. The van der Waals surface area contributed by atoms with Gasteiger partial charge in [0.15, 0.2) is 5.78 Å². The number of rotatable bonds is 8. The Morgan fingerprint density at radius 2 is 1.78 bits per heavy atom. The molecule has 186 valence electrons. The van der Waals surface area contributed by atoms with Gasteiger partial charge in [-0.05, 0) is 56.4 Å². The second-order valence-electron chi connectivity index (χ2n) is 10.6. The SMILES string of the molecule is CCC(CC)(CC(=O)c1cnn2c1NC(c1ccccc1)CC2(C)C)c1ccc(-c2ccco2)cc1. The molecule has 36 heavy (non-hydrogen) atoms. The van der Waals surface area contributed by atoms with Crippen molar-refractivity contribution in [2.45, 2.75) is 70.4 Å². The van der Waals surface area contributed by atoms with Crippen LogP contribution in [0.4, 0.5) is 5.82 Å². The van der Waals surface area contributed by atoms with Crippen LogP contribution in [0, 0.1) is 0 Å². The number of carbonyl (C=O) groups excluding carboxylic acids is 1.